The molecule has 3 heterocycles. The van der Waals surface area contributed by atoms with E-state index in [0.717, 1.165) is 34.8 Å². The first-order valence-corrected chi connectivity index (χ1v) is 12.7. The Morgan fingerprint density at radius 1 is 1.00 bits per heavy atom. The molecule has 1 unspecified atom stereocenters. The largest absolute Gasteiger partial charge is 0.497 e. The van der Waals surface area contributed by atoms with E-state index in [-0.39, 0.29) is 5.50 Å². The molecular formula is C29H25N5OS. The van der Waals surface area contributed by atoms with Crippen molar-refractivity contribution in [1.82, 2.24) is 20.3 Å². The van der Waals surface area contributed by atoms with Crippen LogP contribution in [0.5, 0.6) is 5.75 Å². The molecule has 0 radical (unpaired) electrons. The summed E-state index contributed by atoms with van der Waals surface area (Å²) in [6.45, 7) is 0.801. The predicted octanol–water partition coefficient (Wildman–Crippen LogP) is 5.79. The lowest BCUT2D eigenvalue weighted by molar-refractivity contribution is 0.415. The molecule has 2 aromatic heterocycles. The number of rotatable bonds is 7. The van der Waals surface area contributed by atoms with Crippen molar-refractivity contribution in [3.05, 3.63) is 113 Å². The summed E-state index contributed by atoms with van der Waals surface area (Å²) < 4.78 is 7.57. The number of methoxy groups -OCH3 is 1. The second kappa shape index (κ2) is 9.79. The smallest absolute Gasteiger partial charge is 0.165 e. The highest BCUT2D eigenvalue weighted by atomic mass is 32.2. The van der Waals surface area contributed by atoms with E-state index in [2.05, 4.69) is 85.4 Å². The maximum atomic E-state index is 5.24. The van der Waals surface area contributed by atoms with Crippen molar-refractivity contribution in [2.45, 2.75) is 12.0 Å². The molecule has 0 aliphatic carbocycles. The third kappa shape index (κ3) is 4.41. The first-order chi connectivity index (χ1) is 17.8. The number of hydrazone groups is 1. The number of hydrogen-bond acceptors (Lipinski definition) is 6. The van der Waals surface area contributed by atoms with Crippen molar-refractivity contribution in [1.29, 1.82) is 0 Å². The van der Waals surface area contributed by atoms with Crippen LogP contribution in [0.25, 0.3) is 27.5 Å². The Bertz CT molecular complexity index is 1570. The van der Waals surface area contributed by atoms with Gasteiger partial charge in [0.05, 0.1) is 36.4 Å². The van der Waals surface area contributed by atoms with Gasteiger partial charge in [-0.1, -0.05) is 60.3 Å². The summed E-state index contributed by atoms with van der Waals surface area (Å²) in [4.78, 5) is 4.69. The van der Waals surface area contributed by atoms with Gasteiger partial charge in [-0.05, 0) is 52.9 Å². The Balaban J connectivity index is 1.19. The van der Waals surface area contributed by atoms with Gasteiger partial charge >= 0.3 is 0 Å². The minimum Gasteiger partial charge on any atom is -0.497 e. The summed E-state index contributed by atoms with van der Waals surface area (Å²) in [5, 5.41) is 12.4. The van der Waals surface area contributed by atoms with Crippen LogP contribution in [-0.2, 0) is 6.54 Å². The van der Waals surface area contributed by atoms with Crippen LogP contribution in [0.3, 0.4) is 0 Å². The number of pyridine rings is 1. The average Bonchev–Trinajstić information content (AvgIpc) is 3.53. The highest BCUT2D eigenvalue weighted by Crippen LogP contribution is 2.30. The summed E-state index contributed by atoms with van der Waals surface area (Å²) in [7, 11) is 1.67. The van der Waals surface area contributed by atoms with E-state index < -0.39 is 0 Å². The number of para-hydroxylation sites is 1. The predicted molar refractivity (Wildman–Crippen MR) is 149 cm³/mol. The number of ether oxygens (including phenoxy) is 1. The molecule has 2 N–H and O–H groups in total. The molecule has 0 fully saturated rings. The van der Waals surface area contributed by atoms with Crippen LogP contribution in [0.4, 0.5) is 0 Å². The number of benzene rings is 3. The van der Waals surface area contributed by atoms with Crippen LogP contribution in [0.2, 0.25) is 0 Å². The third-order valence-electron chi connectivity index (χ3n) is 6.26. The van der Waals surface area contributed by atoms with Crippen molar-refractivity contribution < 1.29 is 4.74 Å². The van der Waals surface area contributed by atoms with Gasteiger partial charge in [-0.2, -0.15) is 5.10 Å². The lowest BCUT2D eigenvalue weighted by atomic mass is 10.2. The Labute approximate surface area is 213 Å². The van der Waals surface area contributed by atoms with Crippen LogP contribution in [0.15, 0.2) is 102 Å². The fourth-order valence-electron chi connectivity index (χ4n) is 4.47. The first kappa shape index (κ1) is 22.2. The number of nitrogens with zero attached hydrogens (tertiary/aromatic N) is 3. The molecule has 36 heavy (non-hydrogen) atoms. The zero-order valence-electron chi connectivity index (χ0n) is 19.8. The van der Waals surface area contributed by atoms with Crippen molar-refractivity contribution in [3.8, 4) is 5.75 Å². The van der Waals surface area contributed by atoms with Gasteiger partial charge in [-0.15, -0.1) is 0 Å². The highest BCUT2D eigenvalue weighted by molar-refractivity contribution is 8.03. The topological polar surface area (TPSA) is 63.5 Å². The summed E-state index contributed by atoms with van der Waals surface area (Å²) in [5.41, 5.74) is 9.68. The summed E-state index contributed by atoms with van der Waals surface area (Å²) in [6, 6.07) is 29.1. The molecule has 0 saturated carbocycles. The van der Waals surface area contributed by atoms with Gasteiger partial charge in [0.2, 0.25) is 0 Å². The van der Waals surface area contributed by atoms with Crippen molar-refractivity contribution in [3.63, 3.8) is 0 Å². The van der Waals surface area contributed by atoms with E-state index in [9.17, 15) is 0 Å². The fourth-order valence-corrected chi connectivity index (χ4v) is 5.26. The van der Waals surface area contributed by atoms with Crippen molar-refractivity contribution in [2.75, 3.05) is 7.11 Å². The Kier molecular flexibility index (Phi) is 6.05. The van der Waals surface area contributed by atoms with Crippen molar-refractivity contribution >= 4 is 45.5 Å². The summed E-state index contributed by atoms with van der Waals surface area (Å²) in [5.74, 6) is 0.844. The SMILES string of the molecule is COc1ccc(C2=CSC(N/N=C/c3cc4c5ccccc5n(Cc5ccccc5)c4cn3)N2)cc1. The molecule has 1 aliphatic rings. The van der Waals surface area contributed by atoms with Crippen LogP contribution in [0.1, 0.15) is 16.8 Å². The molecule has 3 aromatic carbocycles. The maximum Gasteiger partial charge on any atom is 0.165 e. The van der Waals surface area contributed by atoms with Gasteiger partial charge < -0.3 is 14.6 Å². The highest BCUT2D eigenvalue weighted by Gasteiger charge is 2.17. The molecule has 1 atom stereocenters. The standard InChI is InChI=1S/C29H25N5OS/c1-35-23-13-11-21(12-14-23)26-19-36-29(32-26)33-31-16-22-15-25-24-9-5-6-10-27(24)34(28(25)17-30-22)18-20-7-3-2-4-8-20/h2-17,19,29,32-33H,18H2,1H3/b31-16+. The van der Waals surface area contributed by atoms with E-state index in [1.807, 2.05) is 36.5 Å². The second-order valence-corrected chi connectivity index (χ2v) is 9.50. The van der Waals surface area contributed by atoms with E-state index in [1.54, 1.807) is 25.1 Å². The van der Waals surface area contributed by atoms with E-state index in [0.29, 0.717) is 0 Å². The van der Waals surface area contributed by atoms with Crippen LogP contribution in [-0.4, -0.2) is 28.4 Å². The Morgan fingerprint density at radius 2 is 1.81 bits per heavy atom. The van der Waals surface area contributed by atoms with Gasteiger partial charge in [0.25, 0.3) is 0 Å². The zero-order valence-corrected chi connectivity index (χ0v) is 20.6. The molecule has 5 aromatic rings. The lowest BCUT2D eigenvalue weighted by Crippen LogP contribution is -2.31. The fraction of sp³-hybridized carbons (Fsp3) is 0.103. The second-order valence-electron chi connectivity index (χ2n) is 8.52. The van der Waals surface area contributed by atoms with Gasteiger partial charge in [0.15, 0.2) is 5.50 Å². The molecular weight excluding hydrogens is 466 g/mol. The molecule has 1 aliphatic heterocycles. The van der Waals surface area contributed by atoms with E-state index in [4.69, 9.17) is 4.74 Å². The molecule has 6 nitrogen and oxygen atoms in total. The van der Waals surface area contributed by atoms with Gasteiger partial charge in [-0.3, -0.25) is 10.4 Å². The molecule has 0 bridgehead atoms. The molecule has 0 spiro atoms. The number of aromatic nitrogens is 2. The Morgan fingerprint density at radius 3 is 2.64 bits per heavy atom. The van der Waals surface area contributed by atoms with Crippen LogP contribution in [0, 0.1) is 0 Å². The van der Waals surface area contributed by atoms with Crippen LogP contribution >= 0.6 is 11.8 Å². The molecule has 7 heteroatoms. The molecule has 6 rings (SSSR count). The number of nitrogens with one attached hydrogen (secondary N) is 2. The first-order valence-electron chi connectivity index (χ1n) is 11.7. The molecule has 178 valence electrons. The van der Waals surface area contributed by atoms with Gasteiger partial charge in [-0.25, -0.2) is 0 Å². The minimum atomic E-state index is -0.0464. The van der Waals surface area contributed by atoms with Gasteiger partial charge in [0, 0.05) is 22.8 Å². The number of thioether (sulfide) groups is 1. The zero-order chi connectivity index (χ0) is 24.3. The minimum absolute atomic E-state index is 0.0464. The van der Waals surface area contributed by atoms with E-state index >= 15 is 0 Å². The number of fused-ring (bicyclic) bond motifs is 3. The Hall–Kier alpha value is -4.23. The maximum absolute atomic E-state index is 5.24. The van der Waals surface area contributed by atoms with Crippen LogP contribution < -0.4 is 15.5 Å². The van der Waals surface area contributed by atoms with Gasteiger partial charge in [0.1, 0.15) is 5.75 Å². The van der Waals surface area contributed by atoms with E-state index in [1.165, 1.54) is 21.9 Å². The summed E-state index contributed by atoms with van der Waals surface area (Å²) >= 11 is 1.65. The monoisotopic (exact) mass is 491 g/mol. The average molecular weight is 492 g/mol. The lowest BCUT2D eigenvalue weighted by Gasteiger charge is -2.12. The molecule has 0 amide bonds. The number of hydrogen-bond donors (Lipinski definition) is 2. The normalized spacial score (nSPS) is 15.4. The summed E-state index contributed by atoms with van der Waals surface area (Å²) in [6.07, 6.45) is 3.72. The van der Waals surface area contributed by atoms with Crippen molar-refractivity contribution in [2.24, 2.45) is 5.10 Å². The third-order valence-corrected chi connectivity index (χ3v) is 7.13. The molecule has 0 saturated heterocycles. The quantitative estimate of drug-likeness (QED) is 0.223.